The van der Waals surface area contributed by atoms with E-state index >= 15 is 0 Å². The second kappa shape index (κ2) is 8.82. The molecule has 2 heterocycles. The van der Waals surface area contributed by atoms with Crippen molar-refractivity contribution in [3.05, 3.63) is 41.7 Å². The Morgan fingerprint density at radius 2 is 2.07 bits per heavy atom. The third-order valence-electron chi connectivity index (χ3n) is 3.80. The van der Waals surface area contributed by atoms with Crippen molar-refractivity contribution in [3.8, 4) is 5.69 Å². The molecule has 1 unspecified atom stereocenters. The number of carbonyl (C=O) groups is 2. The van der Waals surface area contributed by atoms with Crippen molar-refractivity contribution in [1.82, 2.24) is 25.4 Å². The predicted molar refractivity (Wildman–Crippen MR) is 104 cm³/mol. The number of benzene rings is 1. The van der Waals surface area contributed by atoms with Gasteiger partial charge in [0.15, 0.2) is 11.6 Å². The molecule has 3 rings (SSSR count). The molecule has 0 aliphatic carbocycles. The van der Waals surface area contributed by atoms with Crippen molar-refractivity contribution >= 4 is 35.1 Å². The monoisotopic (exact) mass is 419 g/mol. The highest BCUT2D eigenvalue weighted by molar-refractivity contribution is 8.01. The number of tetrazole rings is 1. The van der Waals surface area contributed by atoms with Crippen molar-refractivity contribution in [2.75, 3.05) is 16.4 Å². The fraction of sp³-hybridized carbons (Fsp3) is 0.294. The standard InChI is InChI=1S/C17H18FN7O3S/c1-9-6-15(22-28-9)20-17(27)10(2)29-8-16(26)19-12-4-5-13(18)14(7-12)25-11(3)21-23-24-25/h4-7,10H,8H2,1-3H3,(H,19,26)(H,20,22,27). The van der Waals surface area contributed by atoms with Gasteiger partial charge in [0.05, 0.1) is 11.0 Å². The third-order valence-corrected chi connectivity index (χ3v) is 4.94. The van der Waals surface area contributed by atoms with Crippen LogP contribution in [0.3, 0.4) is 0 Å². The molecule has 0 radical (unpaired) electrons. The summed E-state index contributed by atoms with van der Waals surface area (Å²) in [6, 6.07) is 5.68. The van der Waals surface area contributed by atoms with Crippen molar-refractivity contribution in [2.24, 2.45) is 0 Å². The summed E-state index contributed by atoms with van der Waals surface area (Å²) in [4.78, 5) is 24.3. The summed E-state index contributed by atoms with van der Waals surface area (Å²) in [6.07, 6.45) is 0. The van der Waals surface area contributed by atoms with E-state index < -0.39 is 11.1 Å². The van der Waals surface area contributed by atoms with Crippen LogP contribution in [0.5, 0.6) is 0 Å². The minimum atomic E-state index is -0.527. The van der Waals surface area contributed by atoms with Gasteiger partial charge in [-0.3, -0.25) is 9.59 Å². The van der Waals surface area contributed by atoms with E-state index in [0.29, 0.717) is 23.1 Å². The van der Waals surface area contributed by atoms with Gasteiger partial charge < -0.3 is 15.2 Å². The Morgan fingerprint density at radius 1 is 1.28 bits per heavy atom. The number of anilines is 2. The second-order valence-electron chi connectivity index (χ2n) is 6.12. The second-order valence-corrected chi connectivity index (χ2v) is 7.45. The summed E-state index contributed by atoms with van der Waals surface area (Å²) in [5.41, 5.74) is 0.505. The molecule has 152 valence electrons. The van der Waals surface area contributed by atoms with Crippen LogP contribution >= 0.6 is 11.8 Å². The van der Waals surface area contributed by atoms with Crippen LogP contribution in [0.2, 0.25) is 0 Å². The van der Waals surface area contributed by atoms with Gasteiger partial charge in [-0.25, -0.2) is 4.39 Å². The molecule has 0 saturated carbocycles. The average molecular weight is 419 g/mol. The zero-order chi connectivity index (χ0) is 21.0. The summed E-state index contributed by atoms with van der Waals surface area (Å²) in [6.45, 7) is 5.03. The fourth-order valence-electron chi connectivity index (χ4n) is 2.33. The molecule has 10 nitrogen and oxygen atoms in total. The number of thioether (sulfide) groups is 1. The molecule has 0 saturated heterocycles. The molecule has 1 atom stereocenters. The Kier molecular flexibility index (Phi) is 6.22. The zero-order valence-corrected chi connectivity index (χ0v) is 16.7. The summed E-state index contributed by atoms with van der Waals surface area (Å²) < 4.78 is 20.2. The molecule has 2 amide bonds. The lowest BCUT2D eigenvalue weighted by Gasteiger charge is -2.11. The summed E-state index contributed by atoms with van der Waals surface area (Å²) >= 11 is 1.15. The van der Waals surface area contributed by atoms with Crippen LogP contribution in [0, 0.1) is 19.7 Å². The molecule has 29 heavy (non-hydrogen) atoms. The number of hydrogen-bond donors (Lipinski definition) is 2. The van der Waals surface area contributed by atoms with Crippen molar-refractivity contribution in [1.29, 1.82) is 0 Å². The van der Waals surface area contributed by atoms with Crippen molar-refractivity contribution in [3.63, 3.8) is 0 Å². The molecular weight excluding hydrogens is 401 g/mol. The van der Waals surface area contributed by atoms with Gasteiger partial charge in [0, 0.05) is 11.8 Å². The topological polar surface area (TPSA) is 128 Å². The zero-order valence-electron chi connectivity index (χ0n) is 15.8. The van der Waals surface area contributed by atoms with Crippen LogP contribution in [0.25, 0.3) is 5.69 Å². The number of aryl methyl sites for hydroxylation is 2. The first-order valence-corrected chi connectivity index (χ1v) is 9.59. The highest BCUT2D eigenvalue weighted by atomic mass is 32.2. The quantitative estimate of drug-likeness (QED) is 0.596. The van der Waals surface area contributed by atoms with Crippen LogP contribution < -0.4 is 10.6 Å². The number of hydrogen-bond acceptors (Lipinski definition) is 8. The Hall–Kier alpha value is -3.28. The molecule has 0 aliphatic heterocycles. The van der Waals surface area contributed by atoms with Gasteiger partial charge >= 0.3 is 0 Å². The maximum absolute atomic E-state index is 14.1. The molecular formula is C17H18FN7O3S. The molecule has 0 bridgehead atoms. The normalized spacial score (nSPS) is 11.9. The number of aromatic nitrogens is 5. The molecule has 1 aromatic carbocycles. The van der Waals surface area contributed by atoms with Crippen molar-refractivity contribution < 1.29 is 18.5 Å². The van der Waals surface area contributed by atoms with E-state index in [4.69, 9.17) is 4.52 Å². The van der Waals surface area contributed by atoms with E-state index in [1.165, 1.54) is 22.9 Å². The highest BCUT2D eigenvalue weighted by Gasteiger charge is 2.17. The molecule has 2 aromatic heterocycles. The largest absolute Gasteiger partial charge is 0.360 e. The lowest BCUT2D eigenvalue weighted by atomic mass is 10.2. The summed E-state index contributed by atoms with van der Waals surface area (Å²) in [5.74, 6) is 0.179. The van der Waals surface area contributed by atoms with Gasteiger partial charge in [-0.1, -0.05) is 5.16 Å². The Bertz CT molecular complexity index is 1040. The molecule has 0 fully saturated rings. The lowest BCUT2D eigenvalue weighted by molar-refractivity contribution is -0.115. The summed E-state index contributed by atoms with van der Waals surface area (Å²) in [7, 11) is 0. The third kappa shape index (κ3) is 5.16. The number of carbonyl (C=O) groups excluding carboxylic acids is 2. The minimum Gasteiger partial charge on any atom is -0.360 e. The molecule has 12 heteroatoms. The first kappa shape index (κ1) is 20.5. The van der Waals surface area contributed by atoms with Crippen LogP contribution in [-0.4, -0.2) is 48.2 Å². The number of rotatable bonds is 7. The first-order valence-electron chi connectivity index (χ1n) is 8.54. The molecule has 0 spiro atoms. The van der Waals surface area contributed by atoms with Gasteiger partial charge in [0.25, 0.3) is 0 Å². The molecule has 0 aliphatic rings. The van der Waals surface area contributed by atoms with Gasteiger partial charge in [-0.05, 0) is 49.4 Å². The number of amides is 2. The van der Waals surface area contributed by atoms with Crippen LogP contribution in [-0.2, 0) is 9.59 Å². The van der Waals surface area contributed by atoms with E-state index in [1.54, 1.807) is 26.8 Å². The van der Waals surface area contributed by atoms with E-state index in [-0.39, 0.29) is 23.3 Å². The maximum atomic E-state index is 14.1. The fourth-order valence-corrected chi connectivity index (χ4v) is 3.02. The van der Waals surface area contributed by atoms with E-state index in [9.17, 15) is 14.0 Å². The number of nitrogens with one attached hydrogen (secondary N) is 2. The van der Waals surface area contributed by atoms with Crippen LogP contribution in [0.1, 0.15) is 18.5 Å². The van der Waals surface area contributed by atoms with E-state index in [2.05, 4.69) is 31.3 Å². The highest BCUT2D eigenvalue weighted by Crippen LogP contribution is 2.20. The summed E-state index contributed by atoms with van der Waals surface area (Å²) in [5, 5.41) is 19.4. The van der Waals surface area contributed by atoms with Gasteiger partial charge in [-0.15, -0.1) is 16.9 Å². The SMILES string of the molecule is Cc1cc(NC(=O)C(C)SCC(=O)Nc2ccc(F)c(-n3nnnc3C)c2)no1. The Morgan fingerprint density at radius 3 is 2.72 bits per heavy atom. The predicted octanol–water partition coefficient (Wildman–Crippen LogP) is 2.11. The maximum Gasteiger partial charge on any atom is 0.238 e. The smallest absolute Gasteiger partial charge is 0.238 e. The Balaban J connectivity index is 1.55. The minimum absolute atomic E-state index is 0.0308. The number of halogens is 1. The van der Waals surface area contributed by atoms with Gasteiger partial charge in [0.2, 0.25) is 11.8 Å². The Labute approximate surface area is 169 Å². The van der Waals surface area contributed by atoms with Gasteiger partial charge in [0.1, 0.15) is 17.3 Å². The average Bonchev–Trinajstić information content (AvgIpc) is 3.29. The van der Waals surface area contributed by atoms with Crippen LogP contribution in [0.15, 0.2) is 28.8 Å². The van der Waals surface area contributed by atoms with E-state index in [0.717, 1.165) is 11.8 Å². The van der Waals surface area contributed by atoms with E-state index in [1.807, 2.05) is 0 Å². The lowest BCUT2D eigenvalue weighted by Crippen LogP contribution is -2.25. The van der Waals surface area contributed by atoms with Crippen LogP contribution in [0.4, 0.5) is 15.9 Å². The van der Waals surface area contributed by atoms with Crippen molar-refractivity contribution in [2.45, 2.75) is 26.0 Å². The number of nitrogens with zero attached hydrogens (tertiary/aromatic N) is 5. The van der Waals surface area contributed by atoms with Gasteiger partial charge in [-0.2, -0.15) is 4.68 Å². The molecule has 3 aromatic rings. The first-order chi connectivity index (χ1) is 13.8. The molecule has 2 N–H and O–H groups in total.